The van der Waals surface area contributed by atoms with Gasteiger partial charge in [-0.2, -0.15) is 0 Å². The number of piperidine rings is 1. The molecule has 4 rings (SSSR count). The zero-order valence-electron chi connectivity index (χ0n) is 12.6. The highest BCUT2D eigenvalue weighted by atomic mass is 35.5. The largest absolute Gasteiger partial charge is 0.360 e. The summed E-state index contributed by atoms with van der Waals surface area (Å²) in [5.41, 5.74) is 2.83. The average Bonchev–Trinajstić information content (AvgIpc) is 3.01. The Morgan fingerprint density at radius 3 is 3.04 bits per heavy atom. The number of benzene rings is 1. The highest BCUT2D eigenvalue weighted by Crippen LogP contribution is 2.32. The Bertz CT molecular complexity index is 823. The van der Waals surface area contributed by atoms with Crippen molar-refractivity contribution in [1.82, 2.24) is 20.3 Å². The minimum absolute atomic E-state index is 0.362. The van der Waals surface area contributed by atoms with Crippen LogP contribution in [0.1, 0.15) is 12.8 Å². The van der Waals surface area contributed by atoms with E-state index in [4.69, 9.17) is 11.6 Å². The Labute approximate surface area is 139 Å². The SMILES string of the molecule is Clc1cnc(N[C@H]2CCCNC2)nc1-c1c[nH]c2ccccc12. The smallest absolute Gasteiger partial charge is 0.223 e. The van der Waals surface area contributed by atoms with E-state index in [9.17, 15) is 0 Å². The standard InChI is InChI=1S/C17H18ClN5/c18-14-10-21-17(22-11-4-3-7-19-8-11)23-16(14)13-9-20-15-6-2-1-5-12(13)15/h1-2,5-6,9-11,19-20H,3-4,7-8H2,(H,21,22,23)/t11-/m0/s1. The Morgan fingerprint density at radius 1 is 1.26 bits per heavy atom. The second-order valence-electron chi connectivity index (χ2n) is 5.83. The topological polar surface area (TPSA) is 65.6 Å². The van der Waals surface area contributed by atoms with Crippen LogP contribution in [0, 0.1) is 0 Å². The second kappa shape index (κ2) is 6.18. The summed E-state index contributed by atoms with van der Waals surface area (Å²) in [6.07, 6.45) is 5.91. The number of hydrogen-bond donors (Lipinski definition) is 3. The van der Waals surface area contributed by atoms with Crippen LogP contribution in [-0.4, -0.2) is 34.1 Å². The molecule has 0 saturated carbocycles. The first-order valence-corrected chi connectivity index (χ1v) is 8.25. The van der Waals surface area contributed by atoms with Crippen LogP contribution >= 0.6 is 11.6 Å². The van der Waals surface area contributed by atoms with E-state index in [1.54, 1.807) is 6.20 Å². The van der Waals surface area contributed by atoms with E-state index in [1.807, 2.05) is 24.4 Å². The van der Waals surface area contributed by atoms with Crippen LogP contribution < -0.4 is 10.6 Å². The molecule has 1 aromatic carbocycles. The maximum absolute atomic E-state index is 6.35. The fourth-order valence-electron chi connectivity index (χ4n) is 3.05. The normalized spacial score (nSPS) is 18.2. The number of nitrogens with one attached hydrogen (secondary N) is 3. The van der Waals surface area contributed by atoms with Crippen molar-refractivity contribution in [2.45, 2.75) is 18.9 Å². The molecule has 0 amide bonds. The van der Waals surface area contributed by atoms with Crippen molar-refractivity contribution >= 4 is 28.5 Å². The van der Waals surface area contributed by atoms with Crippen molar-refractivity contribution in [2.24, 2.45) is 0 Å². The quantitative estimate of drug-likeness (QED) is 0.689. The van der Waals surface area contributed by atoms with Crippen molar-refractivity contribution in [3.63, 3.8) is 0 Å². The number of nitrogens with zero attached hydrogens (tertiary/aromatic N) is 2. The van der Waals surface area contributed by atoms with Gasteiger partial charge in [-0.3, -0.25) is 0 Å². The summed E-state index contributed by atoms with van der Waals surface area (Å²) in [5.74, 6) is 0.628. The second-order valence-corrected chi connectivity index (χ2v) is 6.23. The van der Waals surface area contributed by atoms with Crippen LogP contribution in [0.25, 0.3) is 22.2 Å². The van der Waals surface area contributed by atoms with Gasteiger partial charge in [0.1, 0.15) is 0 Å². The summed E-state index contributed by atoms with van der Waals surface area (Å²) >= 11 is 6.35. The monoisotopic (exact) mass is 327 g/mol. The zero-order chi connectivity index (χ0) is 15.6. The Kier molecular flexibility index (Phi) is 3.89. The number of fused-ring (bicyclic) bond motifs is 1. The number of hydrogen-bond acceptors (Lipinski definition) is 4. The van der Waals surface area contributed by atoms with Crippen LogP contribution in [-0.2, 0) is 0 Å². The fraction of sp³-hybridized carbons (Fsp3) is 0.294. The van der Waals surface area contributed by atoms with Gasteiger partial charge in [0.2, 0.25) is 5.95 Å². The molecule has 1 fully saturated rings. The lowest BCUT2D eigenvalue weighted by atomic mass is 10.1. The van der Waals surface area contributed by atoms with Crippen LogP contribution in [0.2, 0.25) is 5.02 Å². The number of anilines is 1. The summed E-state index contributed by atoms with van der Waals surface area (Å²) in [4.78, 5) is 12.3. The molecule has 0 unspecified atom stereocenters. The maximum atomic E-state index is 6.35. The molecule has 3 heterocycles. The number of rotatable bonds is 3. The van der Waals surface area contributed by atoms with Gasteiger partial charge in [0.25, 0.3) is 0 Å². The summed E-state index contributed by atoms with van der Waals surface area (Å²) in [6.45, 7) is 2.02. The molecule has 0 radical (unpaired) electrons. The van der Waals surface area contributed by atoms with Crippen LogP contribution in [0.15, 0.2) is 36.7 Å². The Hall–Kier alpha value is -2.11. The average molecular weight is 328 g/mol. The molecule has 1 saturated heterocycles. The molecule has 6 heteroatoms. The number of aromatic amines is 1. The minimum Gasteiger partial charge on any atom is -0.360 e. The van der Waals surface area contributed by atoms with Crippen molar-refractivity contribution < 1.29 is 0 Å². The third-order valence-corrected chi connectivity index (χ3v) is 4.50. The predicted octanol–water partition coefficient (Wildman–Crippen LogP) is 3.44. The van der Waals surface area contributed by atoms with Gasteiger partial charge in [0, 0.05) is 35.2 Å². The van der Waals surface area contributed by atoms with Crippen LogP contribution in [0.3, 0.4) is 0 Å². The van der Waals surface area contributed by atoms with Crippen molar-refractivity contribution in [3.05, 3.63) is 41.7 Å². The van der Waals surface area contributed by atoms with Gasteiger partial charge in [0.15, 0.2) is 0 Å². The van der Waals surface area contributed by atoms with Gasteiger partial charge in [0.05, 0.1) is 16.9 Å². The van der Waals surface area contributed by atoms with E-state index in [1.165, 1.54) is 6.42 Å². The lowest BCUT2D eigenvalue weighted by Crippen LogP contribution is -2.38. The summed E-state index contributed by atoms with van der Waals surface area (Å²) in [6, 6.07) is 8.49. The lowest BCUT2D eigenvalue weighted by Gasteiger charge is -2.23. The van der Waals surface area contributed by atoms with Gasteiger partial charge >= 0.3 is 0 Å². The van der Waals surface area contributed by atoms with Crippen molar-refractivity contribution in [1.29, 1.82) is 0 Å². The van der Waals surface area contributed by atoms with E-state index in [0.717, 1.165) is 41.7 Å². The highest BCUT2D eigenvalue weighted by molar-refractivity contribution is 6.33. The Balaban J connectivity index is 1.69. The van der Waals surface area contributed by atoms with Gasteiger partial charge in [-0.15, -0.1) is 0 Å². The first kappa shape index (κ1) is 14.5. The van der Waals surface area contributed by atoms with Crippen molar-refractivity contribution in [3.8, 4) is 11.3 Å². The number of halogens is 1. The van der Waals surface area contributed by atoms with E-state index < -0.39 is 0 Å². The zero-order valence-corrected chi connectivity index (χ0v) is 13.4. The molecule has 5 nitrogen and oxygen atoms in total. The number of aromatic nitrogens is 3. The predicted molar refractivity (Wildman–Crippen MR) is 93.8 cm³/mol. The fourth-order valence-corrected chi connectivity index (χ4v) is 3.24. The molecule has 1 aliphatic heterocycles. The van der Waals surface area contributed by atoms with Gasteiger partial charge in [-0.25, -0.2) is 9.97 Å². The summed E-state index contributed by atoms with van der Waals surface area (Å²) in [5, 5.41) is 8.46. The summed E-state index contributed by atoms with van der Waals surface area (Å²) in [7, 11) is 0. The van der Waals surface area contributed by atoms with Crippen LogP contribution in [0.5, 0.6) is 0 Å². The highest BCUT2D eigenvalue weighted by Gasteiger charge is 2.16. The maximum Gasteiger partial charge on any atom is 0.223 e. The van der Waals surface area contributed by atoms with Crippen LogP contribution in [0.4, 0.5) is 5.95 Å². The molecule has 3 N–H and O–H groups in total. The first-order chi connectivity index (χ1) is 11.3. The first-order valence-electron chi connectivity index (χ1n) is 7.87. The molecule has 0 aliphatic carbocycles. The molecule has 2 aromatic heterocycles. The lowest BCUT2D eigenvalue weighted by molar-refractivity contribution is 0.478. The number of para-hydroxylation sites is 1. The molecule has 1 aliphatic rings. The third kappa shape index (κ3) is 2.90. The van der Waals surface area contributed by atoms with E-state index in [0.29, 0.717) is 17.0 Å². The number of H-pyrrole nitrogens is 1. The molecule has 0 bridgehead atoms. The molecule has 0 spiro atoms. The molecule has 118 valence electrons. The van der Waals surface area contributed by atoms with Gasteiger partial charge < -0.3 is 15.6 Å². The minimum atomic E-state index is 0.362. The van der Waals surface area contributed by atoms with Gasteiger partial charge in [-0.05, 0) is 25.5 Å². The third-order valence-electron chi connectivity index (χ3n) is 4.22. The van der Waals surface area contributed by atoms with E-state index >= 15 is 0 Å². The molecular weight excluding hydrogens is 310 g/mol. The molecule has 23 heavy (non-hydrogen) atoms. The molecule has 3 aromatic rings. The van der Waals surface area contributed by atoms with E-state index in [-0.39, 0.29) is 0 Å². The molecule has 1 atom stereocenters. The van der Waals surface area contributed by atoms with E-state index in [2.05, 4.69) is 31.7 Å². The van der Waals surface area contributed by atoms with Crippen molar-refractivity contribution in [2.75, 3.05) is 18.4 Å². The molecular formula is C17H18ClN5. The Morgan fingerprint density at radius 2 is 2.17 bits per heavy atom. The summed E-state index contributed by atoms with van der Waals surface area (Å²) < 4.78 is 0. The van der Waals surface area contributed by atoms with Gasteiger partial charge in [-0.1, -0.05) is 29.8 Å².